The van der Waals surface area contributed by atoms with Gasteiger partial charge >= 0.3 is 5.97 Å². The van der Waals surface area contributed by atoms with Gasteiger partial charge in [-0.3, -0.25) is 58.8 Å². The van der Waals surface area contributed by atoms with Gasteiger partial charge in [0.2, 0.25) is 0 Å². The fourth-order valence-corrected chi connectivity index (χ4v) is 22.0. The first kappa shape index (κ1) is 102. The number of aromatic nitrogens is 6. The summed E-state index contributed by atoms with van der Waals surface area (Å²) in [6.45, 7) is 8.28. The number of H-pyrrole nitrogens is 6. The molecule has 27 rings (SSSR count). The van der Waals surface area contributed by atoms with E-state index in [0.29, 0.717) is 106 Å². The first-order valence-corrected chi connectivity index (χ1v) is 50.3. The van der Waals surface area contributed by atoms with Gasteiger partial charge in [0.1, 0.15) is 5.78 Å². The number of amides is 4. The van der Waals surface area contributed by atoms with Crippen molar-refractivity contribution in [3.8, 4) is 42.5 Å². The summed E-state index contributed by atoms with van der Waals surface area (Å²) < 4.78 is 5.22. The SMILES string of the molecule is CC(C)OC(=O)C[C@@H]1Cc2[nH]c3ccc(C#N)cc3c2C1.CC1Cc2[nH]c3ccc(C#N)cc3c2C1.C[C@@H]1Cc2[nH]c3ccc(C#N)cc3c2C1.N#Cc1ccc(NN)cc1.N#Cc1ccc2[nH]c3c(c2c1)CC(N)C3.N#Cc1ccc2[nH]c3c(c2c1)CC(N1C(=O)c2ccccc2C1=O)C3.N#Cc1ccc2[nH]c3c(c2c1)C[C@H](N)C3.O=C1C=CCC1.O=C1CC(=O)c2ccccc21.O=C1CCC(N2C(=O)c3ccccc3C2=O)C1. The average Bonchev–Trinajstić information content (AvgIpc) is 1.58. The van der Waals surface area contributed by atoms with Crippen molar-refractivity contribution >= 4 is 124 Å². The van der Waals surface area contributed by atoms with E-state index in [4.69, 9.17) is 58.9 Å². The summed E-state index contributed by atoms with van der Waals surface area (Å²) in [5, 5.41) is 68.9. The molecule has 7 atom stereocenters. The second kappa shape index (κ2) is 44.3. The van der Waals surface area contributed by atoms with Gasteiger partial charge in [0, 0.05) is 186 Å². The molecule has 29 heteroatoms. The van der Waals surface area contributed by atoms with Crippen molar-refractivity contribution in [2.45, 2.75) is 180 Å². The number of hydrogen-bond donors (Lipinski definition) is 10. The smallest absolute Gasteiger partial charge is 0.306 e. The van der Waals surface area contributed by atoms with Gasteiger partial charge < -0.3 is 51.5 Å². The van der Waals surface area contributed by atoms with Crippen molar-refractivity contribution in [3.05, 3.63) is 358 Å². The first-order valence-electron chi connectivity index (χ1n) is 50.3. The Morgan fingerprint density at radius 2 is 0.693 bits per heavy atom. The van der Waals surface area contributed by atoms with Crippen LogP contribution in [0.1, 0.15) is 241 Å². The maximum Gasteiger partial charge on any atom is 0.306 e. The minimum atomic E-state index is -0.259. The highest BCUT2D eigenvalue weighted by molar-refractivity contribution is 6.25. The van der Waals surface area contributed by atoms with Gasteiger partial charge in [0.05, 0.1) is 116 Å². The van der Waals surface area contributed by atoms with Gasteiger partial charge in [0.15, 0.2) is 17.3 Å². The highest BCUT2D eigenvalue weighted by Gasteiger charge is 2.45. The zero-order chi connectivity index (χ0) is 105. The van der Waals surface area contributed by atoms with Crippen LogP contribution in [0.4, 0.5) is 5.69 Å². The number of benzene rings is 10. The molecule has 2 aliphatic heterocycles. The van der Waals surface area contributed by atoms with Crippen LogP contribution in [0, 0.1) is 97.1 Å². The number of hydrogen-bond acceptors (Lipinski definition) is 21. The molecule has 0 saturated heterocycles. The summed E-state index contributed by atoms with van der Waals surface area (Å²) in [6.07, 6.45) is 18.3. The second-order valence-corrected chi connectivity index (χ2v) is 40.0. The zero-order valence-electron chi connectivity index (χ0n) is 83.2. The van der Waals surface area contributed by atoms with E-state index in [0.717, 1.165) is 161 Å². The van der Waals surface area contributed by atoms with Crippen molar-refractivity contribution in [3.63, 3.8) is 0 Å². The second-order valence-electron chi connectivity index (χ2n) is 40.0. The topological polar surface area (TPSA) is 521 Å². The van der Waals surface area contributed by atoms with E-state index < -0.39 is 0 Å². The molecule has 1 saturated carbocycles. The lowest BCUT2D eigenvalue weighted by atomic mass is 10.0. The van der Waals surface area contributed by atoms with Crippen LogP contribution in [0.3, 0.4) is 0 Å². The minimum Gasteiger partial charge on any atom is -0.463 e. The molecular formula is C121H107N19O10. The highest BCUT2D eigenvalue weighted by Crippen LogP contribution is 2.42. The summed E-state index contributed by atoms with van der Waals surface area (Å²) in [4.78, 5) is 128. The number of nitrogens with one attached hydrogen (secondary N) is 7. The van der Waals surface area contributed by atoms with Crippen LogP contribution < -0.4 is 22.7 Å². The van der Waals surface area contributed by atoms with Crippen molar-refractivity contribution < 1.29 is 47.9 Å². The number of imide groups is 2. The van der Waals surface area contributed by atoms with Gasteiger partial charge in [0.25, 0.3) is 23.6 Å². The number of anilines is 1. The molecule has 0 bridgehead atoms. The number of rotatable bonds is 6. The lowest BCUT2D eigenvalue weighted by Crippen LogP contribution is -2.40. The lowest BCUT2D eigenvalue weighted by molar-refractivity contribution is -0.148. The lowest BCUT2D eigenvalue weighted by Gasteiger charge is -2.21. The van der Waals surface area contributed by atoms with Crippen LogP contribution in [-0.4, -0.2) is 123 Å². The van der Waals surface area contributed by atoms with Gasteiger partial charge in [-0.2, -0.15) is 36.8 Å². The average molecular weight is 1990 g/mol. The molecule has 11 aliphatic rings. The molecule has 0 radical (unpaired) electrons. The number of hydrazine groups is 1. The number of carbonyl (C=O) groups is 9. The zero-order valence-corrected chi connectivity index (χ0v) is 83.2. The number of esters is 1. The summed E-state index contributed by atoms with van der Waals surface area (Å²) in [5.74, 6) is 6.12. The van der Waals surface area contributed by atoms with Gasteiger partial charge in [-0.05, 0) is 299 Å². The molecule has 10 aromatic carbocycles. The number of allylic oxidation sites excluding steroid dienone is 2. The standard InChI is InChI=1S/C20H13N3O2.C17H18N2O2.2C13H12N2.C13H11NO3.2C12H11N3.C9H6O2.C7H7N3.C5H6O/c21-10-11-5-6-17-15(7-11)16-8-12(9-18(16)22-17)23-19(24)13-3-1-2-4-14(13)20(23)25;1-10(2)21-17(20)8-12-6-14-13-5-11(9-18)3-4-15(13)19-16(14)7-12;2*1-8-4-10-11-6-9(7-14)2-3-12(11)15-13(10)5-8;15-9-6-5-8(7-9)14-12(16)10-3-1-2-4-11(10)13(14)17;2*13-6-7-1-2-11-9(3-7)10-4-8(14)5-12(10)15-11;10-8-5-9(11)7-4-2-1-3-6(7)8;8-5-6-1-3-7(10-9)4-2-6;6-5-3-1-2-4-5/h1-7,12,22H,8-9H2;3-5,10,12,19H,6-8H2,1-2H3;2*2-3,6,8,15H,4-5H2,1H3;1-4,8H,5-7H2;2*1-3,8,15H,4-5,14H2;1-4H,5H2;1-4,10H,9H2;1,3H,2,4H2/t;12-;8-;;;8-;;;;/m.00..0..../s1. The molecule has 9 aliphatic carbocycles. The van der Waals surface area contributed by atoms with Gasteiger partial charge in [-0.1, -0.05) is 68.5 Å². The Kier molecular flexibility index (Phi) is 30.1. The summed E-state index contributed by atoms with van der Waals surface area (Å²) in [6, 6.07) is 77.3. The molecule has 4 unspecified atom stereocenters. The van der Waals surface area contributed by atoms with E-state index in [-0.39, 0.29) is 89.4 Å². The third-order valence-electron chi connectivity index (χ3n) is 29.0. The van der Waals surface area contributed by atoms with Crippen LogP contribution in [0.15, 0.2) is 218 Å². The Bertz CT molecular complexity index is 7990. The van der Waals surface area contributed by atoms with Gasteiger partial charge in [-0.25, -0.2) is 0 Å². The number of ether oxygens (including phenoxy) is 1. The number of Topliss-reactive ketones (excluding diaryl/α,β-unsaturated/α-hetero) is 3. The van der Waals surface area contributed by atoms with Crippen LogP contribution in [0.25, 0.3) is 65.4 Å². The summed E-state index contributed by atoms with van der Waals surface area (Å²) in [7, 11) is 0. The Morgan fingerprint density at radius 1 is 0.373 bits per heavy atom. The summed E-state index contributed by atoms with van der Waals surface area (Å²) in [5.41, 5.74) is 44.9. The Morgan fingerprint density at radius 3 is 1.01 bits per heavy atom. The number of nitrogens with zero attached hydrogens (tertiary/aromatic N) is 9. The third-order valence-corrected chi connectivity index (χ3v) is 29.0. The molecule has 4 amide bonds. The highest BCUT2D eigenvalue weighted by atomic mass is 16.5. The number of nitrogens with two attached hydrogens (primary N) is 3. The molecular weight excluding hydrogens is 1880 g/mol. The Labute approximate surface area is 864 Å². The maximum absolute atomic E-state index is 12.7. The van der Waals surface area contributed by atoms with E-state index in [9.17, 15) is 43.2 Å². The summed E-state index contributed by atoms with van der Waals surface area (Å²) >= 11 is 0. The molecule has 29 nitrogen and oxygen atoms in total. The molecule has 13 N–H and O–H groups in total. The van der Waals surface area contributed by atoms with Gasteiger partial charge in [-0.15, -0.1) is 0 Å². The van der Waals surface area contributed by atoms with E-state index in [2.05, 4.69) is 85.6 Å². The fraction of sp³-hybridized carbons (Fsp3) is 0.256. The maximum atomic E-state index is 12.7. The number of fused-ring (bicyclic) bond motifs is 21. The quantitative estimate of drug-likeness (QED) is 0.0243. The van der Waals surface area contributed by atoms with E-state index in [1.54, 1.807) is 109 Å². The van der Waals surface area contributed by atoms with Crippen molar-refractivity contribution in [1.29, 1.82) is 36.8 Å². The normalized spacial score (nSPS) is 18.2. The predicted molar refractivity (Wildman–Crippen MR) is 569 cm³/mol. The molecule has 746 valence electrons. The third kappa shape index (κ3) is 21.7. The number of carbonyl (C=O) groups excluding carboxylic acids is 9. The largest absolute Gasteiger partial charge is 0.463 e. The fourth-order valence-electron chi connectivity index (χ4n) is 22.0. The Hall–Kier alpha value is -18.3. The van der Waals surface area contributed by atoms with Crippen LogP contribution in [-0.2, 0) is 96.2 Å². The number of ketones is 4. The van der Waals surface area contributed by atoms with Crippen LogP contribution in [0.2, 0.25) is 0 Å². The van der Waals surface area contributed by atoms with E-state index >= 15 is 0 Å². The van der Waals surface area contributed by atoms with Crippen LogP contribution >= 0.6 is 0 Å². The molecule has 16 aromatic rings. The minimum absolute atomic E-state index is 0.0504. The number of nitriles is 7. The van der Waals surface area contributed by atoms with E-state index in [1.807, 2.05) is 129 Å². The van der Waals surface area contributed by atoms with E-state index in [1.165, 1.54) is 87.9 Å². The van der Waals surface area contributed by atoms with Crippen molar-refractivity contribution in [2.24, 2.45) is 35.1 Å². The first-order chi connectivity index (χ1) is 72.6. The van der Waals surface area contributed by atoms with Crippen molar-refractivity contribution in [2.75, 3.05) is 5.43 Å². The molecule has 150 heavy (non-hydrogen) atoms. The Balaban J connectivity index is 0.000000110. The molecule has 6 aromatic heterocycles. The molecule has 8 heterocycles. The van der Waals surface area contributed by atoms with Crippen LogP contribution in [0.5, 0.6) is 0 Å². The predicted octanol–water partition coefficient (Wildman–Crippen LogP) is 19.0. The van der Waals surface area contributed by atoms with Crippen molar-refractivity contribution in [1.82, 2.24) is 39.7 Å². The molecule has 1 fully saturated rings. The monoisotopic (exact) mass is 1990 g/mol. The number of aromatic amines is 6. The number of nitrogen functional groups attached to an aromatic ring is 1. The molecule has 0 spiro atoms.